The summed E-state index contributed by atoms with van der Waals surface area (Å²) < 4.78 is 13.2. The van der Waals surface area contributed by atoms with Gasteiger partial charge >= 0.3 is 5.97 Å². The van der Waals surface area contributed by atoms with Crippen molar-refractivity contribution < 1.29 is 19.4 Å². The molecule has 0 saturated heterocycles. The lowest BCUT2D eigenvalue weighted by atomic mass is 10.0. The first kappa shape index (κ1) is 11.1. The minimum absolute atomic E-state index is 0.155. The highest BCUT2D eigenvalue weighted by Gasteiger charge is 2.13. The number of nitrogens with zero attached hydrogens (tertiary/aromatic N) is 1. The van der Waals surface area contributed by atoms with E-state index < -0.39 is 17.5 Å². The molecular formula is C12H8FNO3. The molecule has 5 heteroatoms. The van der Waals surface area contributed by atoms with Gasteiger partial charge < -0.3 is 10.2 Å². The van der Waals surface area contributed by atoms with Crippen molar-refractivity contribution >= 4 is 5.97 Å². The fraction of sp³-hybridized carbons (Fsp3) is 0. The summed E-state index contributed by atoms with van der Waals surface area (Å²) >= 11 is 0. The van der Waals surface area contributed by atoms with Gasteiger partial charge in [-0.05, 0) is 23.8 Å². The number of carboxylic acid groups (broad SMARTS) is 1. The second-order valence-electron chi connectivity index (χ2n) is 3.37. The fourth-order valence-corrected chi connectivity index (χ4v) is 1.48. The quantitative estimate of drug-likeness (QED) is 0.834. The van der Waals surface area contributed by atoms with Crippen LogP contribution in [-0.4, -0.2) is 21.2 Å². The summed E-state index contributed by atoms with van der Waals surface area (Å²) in [6.45, 7) is 0. The summed E-state index contributed by atoms with van der Waals surface area (Å²) in [7, 11) is 0. The number of hydrogen-bond donors (Lipinski definition) is 2. The van der Waals surface area contributed by atoms with Crippen molar-refractivity contribution in [2.24, 2.45) is 0 Å². The Kier molecular flexibility index (Phi) is 2.74. The Morgan fingerprint density at radius 2 is 2.06 bits per heavy atom. The van der Waals surface area contributed by atoms with E-state index in [1.54, 1.807) is 6.07 Å². The van der Waals surface area contributed by atoms with E-state index in [0.29, 0.717) is 11.1 Å². The zero-order valence-corrected chi connectivity index (χ0v) is 8.59. The third kappa shape index (κ3) is 2.08. The van der Waals surface area contributed by atoms with E-state index in [1.807, 2.05) is 0 Å². The normalized spacial score (nSPS) is 10.2. The van der Waals surface area contributed by atoms with Crippen molar-refractivity contribution in [3.05, 3.63) is 48.0 Å². The predicted octanol–water partition coefficient (Wildman–Crippen LogP) is 2.29. The standard InChI is InChI=1S/C12H8FNO3/c13-9-6-7(3-4-10(9)15)8-2-1-5-14-11(8)12(16)17/h1-6,15H,(H,16,17). The molecule has 1 heterocycles. The van der Waals surface area contributed by atoms with Gasteiger partial charge in [-0.25, -0.2) is 14.2 Å². The number of carboxylic acids is 1. The highest BCUT2D eigenvalue weighted by Crippen LogP contribution is 2.26. The number of rotatable bonds is 2. The number of aromatic nitrogens is 1. The summed E-state index contributed by atoms with van der Waals surface area (Å²) in [5.74, 6) is -2.47. The van der Waals surface area contributed by atoms with E-state index in [4.69, 9.17) is 10.2 Å². The molecule has 0 aliphatic carbocycles. The molecule has 0 aliphatic heterocycles. The van der Waals surface area contributed by atoms with Gasteiger partial charge in [0.1, 0.15) is 0 Å². The van der Waals surface area contributed by atoms with Crippen LogP contribution in [-0.2, 0) is 0 Å². The maximum atomic E-state index is 13.2. The molecule has 0 radical (unpaired) electrons. The van der Waals surface area contributed by atoms with Crippen LogP contribution in [0.2, 0.25) is 0 Å². The van der Waals surface area contributed by atoms with Gasteiger partial charge in [0.2, 0.25) is 0 Å². The van der Waals surface area contributed by atoms with E-state index in [9.17, 15) is 9.18 Å². The Morgan fingerprint density at radius 3 is 2.71 bits per heavy atom. The van der Waals surface area contributed by atoms with Crippen molar-refractivity contribution in [3.8, 4) is 16.9 Å². The monoisotopic (exact) mass is 233 g/mol. The van der Waals surface area contributed by atoms with Crippen LogP contribution in [0.3, 0.4) is 0 Å². The maximum Gasteiger partial charge on any atom is 0.355 e. The molecular weight excluding hydrogens is 225 g/mol. The third-order valence-corrected chi connectivity index (χ3v) is 2.27. The number of hydrogen-bond acceptors (Lipinski definition) is 3. The summed E-state index contributed by atoms with van der Waals surface area (Å²) in [5, 5.41) is 18.0. The molecule has 0 spiro atoms. The van der Waals surface area contributed by atoms with Gasteiger partial charge in [0.05, 0.1) is 0 Å². The number of aromatic hydroxyl groups is 1. The van der Waals surface area contributed by atoms with Gasteiger partial charge in [0, 0.05) is 11.8 Å². The van der Waals surface area contributed by atoms with Gasteiger partial charge in [-0.3, -0.25) is 0 Å². The number of carbonyl (C=O) groups is 1. The molecule has 2 rings (SSSR count). The van der Waals surface area contributed by atoms with Crippen LogP contribution < -0.4 is 0 Å². The van der Waals surface area contributed by atoms with Crippen molar-refractivity contribution in [1.82, 2.24) is 4.98 Å². The van der Waals surface area contributed by atoms with Gasteiger partial charge in [0.15, 0.2) is 17.3 Å². The molecule has 0 amide bonds. The summed E-state index contributed by atoms with van der Waals surface area (Å²) in [6, 6.07) is 6.76. The van der Waals surface area contributed by atoms with Crippen LogP contribution >= 0.6 is 0 Å². The smallest absolute Gasteiger partial charge is 0.355 e. The Hall–Kier alpha value is -2.43. The summed E-state index contributed by atoms with van der Waals surface area (Å²) in [4.78, 5) is 14.7. The topological polar surface area (TPSA) is 70.4 Å². The number of phenolic OH excluding ortho intramolecular Hbond substituents is 1. The summed E-state index contributed by atoms with van der Waals surface area (Å²) in [5.41, 5.74) is 0.502. The molecule has 1 aromatic heterocycles. The first-order chi connectivity index (χ1) is 8.09. The zero-order valence-electron chi connectivity index (χ0n) is 8.59. The van der Waals surface area contributed by atoms with Gasteiger partial charge in [-0.15, -0.1) is 0 Å². The third-order valence-electron chi connectivity index (χ3n) is 2.27. The number of phenols is 1. The molecule has 2 aromatic rings. The average molecular weight is 233 g/mol. The van der Waals surface area contributed by atoms with Crippen molar-refractivity contribution in [2.75, 3.05) is 0 Å². The van der Waals surface area contributed by atoms with Crippen molar-refractivity contribution in [1.29, 1.82) is 0 Å². The van der Waals surface area contributed by atoms with Crippen LogP contribution in [0.5, 0.6) is 5.75 Å². The Balaban J connectivity index is 2.60. The molecule has 4 nitrogen and oxygen atoms in total. The van der Waals surface area contributed by atoms with Crippen LogP contribution in [0.1, 0.15) is 10.5 Å². The highest BCUT2D eigenvalue weighted by atomic mass is 19.1. The van der Waals surface area contributed by atoms with Gasteiger partial charge in [-0.2, -0.15) is 0 Å². The largest absolute Gasteiger partial charge is 0.505 e. The molecule has 0 unspecified atom stereocenters. The Bertz CT molecular complexity index is 584. The van der Waals surface area contributed by atoms with Gasteiger partial charge in [-0.1, -0.05) is 12.1 Å². The number of pyridine rings is 1. The molecule has 0 saturated carbocycles. The van der Waals surface area contributed by atoms with Crippen LogP contribution in [0.25, 0.3) is 11.1 Å². The van der Waals surface area contributed by atoms with Crippen molar-refractivity contribution in [2.45, 2.75) is 0 Å². The average Bonchev–Trinajstić information content (AvgIpc) is 2.32. The molecule has 2 N–H and O–H groups in total. The van der Waals surface area contributed by atoms with Crippen LogP contribution in [0, 0.1) is 5.82 Å². The number of halogens is 1. The SMILES string of the molecule is O=C(O)c1ncccc1-c1ccc(O)c(F)c1. The molecule has 0 fully saturated rings. The Labute approximate surface area is 96.0 Å². The zero-order chi connectivity index (χ0) is 12.4. The van der Waals surface area contributed by atoms with Crippen molar-refractivity contribution in [3.63, 3.8) is 0 Å². The second-order valence-corrected chi connectivity index (χ2v) is 3.37. The first-order valence-electron chi connectivity index (χ1n) is 4.77. The minimum atomic E-state index is -1.19. The number of benzene rings is 1. The van der Waals surface area contributed by atoms with Crippen LogP contribution in [0.4, 0.5) is 4.39 Å². The lowest BCUT2D eigenvalue weighted by Crippen LogP contribution is -2.02. The lowest BCUT2D eigenvalue weighted by molar-refractivity contribution is 0.0691. The molecule has 86 valence electrons. The van der Waals surface area contributed by atoms with E-state index in [1.165, 1.54) is 24.4 Å². The lowest BCUT2D eigenvalue weighted by Gasteiger charge is -2.05. The second kappa shape index (κ2) is 4.21. The van der Waals surface area contributed by atoms with Crippen LogP contribution in [0.15, 0.2) is 36.5 Å². The molecule has 0 atom stereocenters. The minimum Gasteiger partial charge on any atom is -0.505 e. The summed E-state index contributed by atoms with van der Waals surface area (Å²) in [6.07, 6.45) is 1.35. The van der Waals surface area contributed by atoms with E-state index in [0.717, 1.165) is 6.07 Å². The molecule has 1 aromatic carbocycles. The van der Waals surface area contributed by atoms with Gasteiger partial charge in [0.25, 0.3) is 0 Å². The maximum absolute atomic E-state index is 13.2. The molecule has 17 heavy (non-hydrogen) atoms. The fourth-order valence-electron chi connectivity index (χ4n) is 1.48. The van der Waals surface area contributed by atoms with E-state index in [-0.39, 0.29) is 5.69 Å². The van der Waals surface area contributed by atoms with E-state index >= 15 is 0 Å². The predicted molar refractivity (Wildman–Crippen MR) is 58.3 cm³/mol. The highest BCUT2D eigenvalue weighted by molar-refractivity contribution is 5.93. The van der Waals surface area contributed by atoms with E-state index in [2.05, 4.69) is 4.98 Å². The molecule has 0 aliphatic rings. The Morgan fingerprint density at radius 1 is 1.29 bits per heavy atom. The first-order valence-corrected chi connectivity index (χ1v) is 4.77. The number of aromatic carboxylic acids is 1. The molecule has 0 bridgehead atoms.